The van der Waals surface area contributed by atoms with E-state index in [2.05, 4.69) is 53.3 Å². The standard InChI is InChI=1S/C26H31N5O/c1-18-7-5-9-22(15-18)17-24-20(3)27-21(4)28-25(24)30-11-13-31(14-12-30)26(32)29-23-10-6-8-19(2)16-23/h5-10,15-16H,11-14,17H2,1-4H3,(H,29,32). The average Bonchev–Trinajstić information content (AvgIpc) is 2.75. The molecule has 2 heterocycles. The Balaban J connectivity index is 1.47. The van der Waals surface area contributed by atoms with Crippen LogP contribution in [0.5, 0.6) is 0 Å². The van der Waals surface area contributed by atoms with E-state index in [1.54, 1.807) is 0 Å². The lowest BCUT2D eigenvalue weighted by molar-refractivity contribution is 0.208. The molecule has 2 amide bonds. The van der Waals surface area contributed by atoms with Gasteiger partial charge in [-0.2, -0.15) is 0 Å². The Hall–Kier alpha value is -3.41. The topological polar surface area (TPSA) is 61.4 Å². The number of urea groups is 1. The average molecular weight is 430 g/mol. The molecule has 6 heteroatoms. The number of nitrogens with zero attached hydrogens (tertiary/aromatic N) is 4. The van der Waals surface area contributed by atoms with Crippen molar-refractivity contribution in [2.75, 3.05) is 36.4 Å². The van der Waals surface area contributed by atoms with Crippen molar-refractivity contribution in [1.29, 1.82) is 0 Å². The fourth-order valence-electron chi connectivity index (χ4n) is 4.26. The lowest BCUT2D eigenvalue weighted by Gasteiger charge is -2.36. The molecule has 3 aromatic rings. The van der Waals surface area contributed by atoms with Gasteiger partial charge in [-0.05, 0) is 51.0 Å². The van der Waals surface area contributed by atoms with Crippen LogP contribution in [0, 0.1) is 27.7 Å². The molecule has 0 aliphatic carbocycles. The number of amides is 2. The van der Waals surface area contributed by atoms with E-state index in [1.807, 2.05) is 43.0 Å². The SMILES string of the molecule is Cc1cccc(Cc2c(C)nc(C)nc2N2CCN(C(=O)Nc3cccc(C)c3)CC2)c1. The van der Waals surface area contributed by atoms with E-state index in [-0.39, 0.29) is 6.03 Å². The summed E-state index contributed by atoms with van der Waals surface area (Å²) in [6.07, 6.45) is 0.803. The number of hydrogen-bond acceptors (Lipinski definition) is 4. The van der Waals surface area contributed by atoms with Crippen LogP contribution in [0.1, 0.15) is 33.8 Å². The molecule has 4 rings (SSSR count). The van der Waals surface area contributed by atoms with Gasteiger partial charge in [-0.25, -0.2) is 14.8 Å². The zero-order valence-electron chi connectivity index (χ0n) is 19.4. The van der Waals surface area contributed by atoms with E-state index in [1.165, 1.54) is 16.7 Å². The highest BCUT2D eigenvalue weighted by atomic mass is 16.2. The van der Waals surface area contributed by atoms with Crippen molar-refractivity contribution in [3.05, 3.63) is 82.3 Å². The Morgan fingerprint density at radius 3 is 2.28 bits per heavy atom. The maximum atomic E-state index is 12.7. The van der Waals surface area contributed by atoms with E-state index in [9.17, 15) is 4.79 Å². The summed E-state index contributed by atoms with van der Waals surface area (Å²) in [5.41, 5.74) is 6.66. The summed E-state index contributed by atoms with van der Waals surface area (Å²) in [6.45, 7) is 11.0. The molecule has 1 aliphatic rings. The summed E-state index contributed by atoms with van der Waals surface area (Å²) in [6, 6.07) is 16.4. The summed E-state index contributed by atoms with van der Waals surface area (Å²) in [5.74, 6) is 1.78. The van der Waals surface area contributed by atoms with Gasteiger partial charge in [0.25, 0.3) is 0 Å². The molecule has 0 bridgehead atoms. The Labute approximate surface area is 190 Å². The van der Waals surface area contributed by atoms with Gasteiger partial charge in [-0.15, -0.1) is 0 Å². The summed E-state index contributed by atoms with van der Waals surface area (Å²) in [7, 11) is 0. The quantitative estimate of drug-likeness (QED) is 0.656. The number of rotatable bonds is 4. The molecule has 1 aliphatic heterocycles. The van der Waals surface area contributed by atoms with E-state index < -0.39 is 0 Å². The summed E-state index contributed by atoms with van der Waals surface area (Å²) in [4.78, 5) is 26.4. The molecule has 6 nitrogen and oxygen atoms in total. The summed E-state index contributed by atoms with van der Waals surface area (Å²) < 4.78 is 0. The third kappa shape index (κ3) is 5.07. The van der Waals surface area contributed by atoms with Crippen molar-refractivity contribution in [2.24, 2.45) is 0 Å². The monoisotopic (exact) mass is 429 g/mol. The molecule has 1 saturated heterocycles. The Morgan fingerprint density at radius 2 is 1.59 bits per heavy atom. The van der Waals surface area contributed by atoms with Crippen LogP contribution in [-0.4, -0.2) is 47.1 Å². The smallest absolute Gasteiger partial charge is 0.321 e. The highest BCUT2D eigenvalue weighted by molar-refractivity contribution is 5.89. The van der Waals surface area contributed by atoms with Gasteiger partial charge >= 0.3 is 6.03 Å². The van der Waals surface area contributed by atoms with Crippen molar-refractivity contribution in [2.45, 2.75) is 34.1 Å². The van der Waals surface area contributed by atoms with Crippen LogP contribution < -0.4 is 10.2 Å². The first-order chi connectivity index (χ1) is 15.4. The molecule has 0 spiro atoms. The number of hydrogen-bond donors (Lipinski definition) is 1. The van der Waals surface area contributed by atoms with E-state index in [0.717, 1.165) is 48.1 Å². The second-order valence-electron chi connectivity index (χ2n) is 8.60. The molecule has 0 radical (unpaired) electrons. The first-order valence-electron chi connectivity index (χ1n) is 11.2. The maximum absolute atomic E-state index is 12.7. The minimum absolute atomic E-state index is 0.0507. The number of aryl methyl sites for hydroxylation is 4. The molecule has 0 atom stereocenters. The van der Waals surface area contributed by atoms with Gasteiger partial charge in [0.1, 0.15) is 11.6 Å². The van der Waals surface area contributed by atoms with Crippen LogP contribution in [-0.2, 0) is 6.42 Å². The molecule has 0 saturated carbocycles. The van der Waals surface area contributed by atoms with Gasteiger partial charge in [-0.1, -0.05) is 42.0 Å². The van der Waals surface area contributed by atoms with Crippen molar-refractivity contribution in [3.8, 4) is 0 Å². The summed E-state index contributed by atoms with van der Waals surface area (Å²) >= 11 is 0. The van der Waals surface area contributed by atoms with Gasteiger partial charge in [0.15, 0.2) is 0 Å². The van der Waals surface area contributed by atoms with Gasteiger partial charge in [0.2, 0.25) is 0 Å². The number of benzene rings is 2. The largest absolute Gasteiger partial charge is 0.353 e. The molecule has 1 aromatic heterocycles. The van der Waals surface area contributed by atoms with Gasteiger partial charge in [0.05, 0.1) is 0 Å². The maximum Gasteiger partial charge on any atom is 0.321 e. The predicted molar refractivity (Wildman–Crippen MR) is 129 cm³/mol. The van der Waals surface area contributed by atoms with E-state index in [0.29, 0.717) is 13.1 Å². The number of anilines is 2. The normalized spacial score (nSPS) is 13.9. The number of carbonyl (C=O) groups is 1. The van der Waals surface area contributed by atoms with Crippen LogP contribution in [0.25, 0.3) is 0 Å². The van der Waals surface area contributed by atoms with E-state index >= 15 is 0 Å². The lowest BCUT2D eigenvalue weighted by atomic mass is 10.0. The Bertz CT molecular complexity index is 1120. The van der Waals surface area contributed by atoms with Crippen LogP contribution >= 0.6 is 0 Å². The Kier molecular flexibility index (Phi) is 6.40. The second-order valence-corrected chi connectivity index (χ2v) is 8.60. The predicted octanol–water partition coefficient (Wildman–Crippen LogP) is 4.66. The second kappa shape index (κ2) is 9.39. The fraction of sp³-hybridized carbons (Fsp3) is 0.346. The molecule has 0 unspecified atom stereocenters. The molecular formula is C26H31N5O. The first-order valence-corrected chi connectivity index (χ1v) is 11.2. The van der Waals surface area contributed by atoms with Crippen LogP contribution in [0.2, 0.25) is 0 Å². The molecule has 2 aromatic carbocycles. The first kappa shape index (κ1) is 21.8. The minimum atomic E-state index is -0.0507. The van der Waals surface area contributed by atoms with Crippen molar-refractivity contribution < 1.29 is 4.79 Å². The number of aromatic nitrogens is 2. The zero-order chi connectivity index (χ0) is 22.7. The highest BCUT2D eigenvalue weighted by Gasteiger charge is 2.25. The zero-order valence-corrected chi connectivity index (χ0v) is 19.4. The molecule has 1 fully saturated rings. The third-order valence-corrected chi connectivity index (χ3v) is 5.90. The van der Waals surface area contributed by atoms with Crippen molar-refractivity contribution in [3.63, 3.8) is 0 Å². The number of nitrogens with one attached hydrogen (secondary N) is 1. The minimum Gasteiger partial charge on any atom is -0.353 e. The highest BCUT2D eigenvalue weighted by Crippen LogP contribution is 2.25. The van der Waals surface area contributed by atoms with Crippen LogP contribution in [0.15, 0.2) is 48.5 Å². The van der Waals surface area contributed by atoms with Crippen molar-refractivity contribution in [1.82, 2.24) is 14.9 Å². The van der Waals surface area contributed by atoms with Crippen molar-refractivity contribution >= 4 is 17.5 Å². The Morgan fingerprint density at radius 1 is 0.906 bits per heavy atom. The van der Waals surface area contributed by atoms with Crippen LogP contribution in [0.4, 0.5) is 16.3 Å². The van der Waals surface area contributed by atoms with Crippen LogP contribution in [0.3, 0.4) is 0 Å². The number of carbonyl (C=O) groups excluding carboxylic acids is 1. The molecule has 1 N–H and O–H groups in total. The number of piperazine rings is 1. The van der Waals surface area contributed by atoms with Gasteiger partial charge < -0.3 is 15.1 Å². The lowest BCUT2D eigenvalue weighted by Crippen LogP contribution is -2.50. The summed E-state index contributed by atoms with van der Waals surface area (Å²) in [5, 5.41) is 3.02. The van der Waals surface area contributed by atoms with E-state index in [4.69, 9.17) is 4.98 Å². The molecule has 32 heavy (non-hydrogen) atoms. The molecular weight excluding hydrogens is 398 g/mol. The fourth-order valence-corrected chi connectivity index (χ4v) is 4.26. The molecule has 166 valence electrons. The van der Waals surface area contributed by atoms with Gasteiger partial charge in [0, 0.05) is 49.5 Å². The van der Waals surface area contributed by atoms with Gasteiger partial charge in [-0.3, -0.25) is 0 Å². The third-order valence-electron chi connectivity index (χ3n) is 5.90.